The van der Waals surface area contributed by atoms with E-state index in [1.165, 1.54) is 12.3 Å². The number of hydrogen-bond donors (Lipinski definition) is 0. The molecule has 0 aliphatic heterocycles. The van der Waals surface area contributed by atoms with Crippen molar-refractivity contribution in [3.8, 4) is 0 Å². The Bertz CT molecular complexity index is 403. The molecule has 16 heavy (non-hydrogen) atoms. The van der Waals surface area contributed by atoms with Crippen LogP contribution in [0.1, 0.15) is 26.3 Å². The molecular formula is C11H13BrFNOS. The van der Waals surface area contributed by atoms with Crippen molar-refractivity contribution < 1.29 is 8.94 Å². The van der Waals surface area contributed by atoms with Crippen LogP contribution in [-0.2, 0) is 11.4 Å². The lowest BCUT2D eigenvalue weighted by Gasteiger charge is -2.17. The summed E-state index contributed by atoms with van der Waals surface area (Å²) < 4.78 is 29.1. The Morgan fingerprint density at radius 3 is 2.56 bits per heavy atom. The van der Waals surface area contributed by atoms with Crippen LogP contribution in [0, 0.1) is 5.82 Å². The summed E-state index contributed by atoms with van der Waals surface area (Å²) >= 11 is 1.80. The third-order valence-electron chi connectivity index (χ3n) is 1.77. The first-order valence-electron chi connectivity index (χ1n) is 4.72. The zero-order valence-electron chi connectivity index (χ0n) is 9.33. The van der Waals surface area contributed by atoms with Gasteiger partial charge in [0.2, 0.25) is 0 Å². The van der Waals surface area contributed by atoms with Crippen molar-refractivity contribution in [3.63, 3.8) is 0 Å². The second-order valence-corrected chi connectivity index (χ2v) is 7.11. The van der Waals surface area contributed by atoms with E-state index >= 15 is 0 Å². The SMILES string of the molecule is CC(C)(C)[S@+]([O-])N=Cc1ccc(Br)cc1F. The van der Waals surface area contributed by atoms with Crippen LogP contribution in [0.5, 0.6) is 0 Å². The van der Waals surface area contributed by atoms with Crippen molar-refractivity contribution >= 4 is 33.5 Å². The van der Waals surface area contributed by atoms with Crippen molar-refractivity contribution in [2.75, 3.05) is 0 Å². The molecule has 0 saturated carbocycles. The van der Waals surface area contributed by atoms with Gasteiger partial charge in [0, 0.05) is 10.0 Å². The fourth-order valence-electron chi connectivity index (χ4n) is 0.869. The smallest absolute Gasteiger partial charge is 0.144 e. The number of halogens is 2. The topological polar surface area (TPSA) is 35.4 Å². The minimum Gasteiger partial charge on any atom is -0.591 e. The molecule has 5 heteroatoms. The molecule has 0 aromatic heterocycles. The van der Waals surface area contributed by atoms with E-state index in [0.29, 0.717) is 10.0 Å². The van der Waals surface area contributed by atoms with Crippen molar-refractivity contribution in [1.82, 2.24) is 0 Å². The molecule has 0 unspecified atom stereocenters. The van der Waals surface area contributed by atoms with Gasteiger partial charge in [-0.2, -0.15) is 0 Å². The van der Waals surface area contributed by atoms with Gasteiger partial charge in [-0.25, -0.2) is 4.39 Å². The van der Waals surface area contributed by atoms with Crippen LogP contribution in [0.2, 0.25) is 0 Å². The van der Waals surface area contributed by atoms with E-state index in [-0.39, 0.29) is 5.82 Å². The summed E-state index contributed by atoms with van der Waals surface area (Å²) in [5.41, 5.74) is 0.334. The molecule has 0 bridgehead atoms. The molecule has 1 aromatic carbocycles. The second-order valence-electron chi connectivity index (χ2n) is 4.26. The summed E-state index contributed by atoms with van der Waals surface area (Å²) in [5.74, 6) is -0.385. The Balaban J connectivity index is 2.85. The summed E-state index contributed by atoms with van der Waals surface area (Å²) in [7, 11) is 0. The van der Waals surface area contributed by atoms with Gasteiger partial charge >= 0.3 is 0 Å². The molecule has 88 valence electrons. The van der Waals surface area contributed by atoms with E-state index in [2.05, 4.69) is 20.3 Å². The Morgan fingerprint density at radius 2 is 2.06 bits per heavy atom. The van der Waals surface area contributed by atoms with Gasteiger partial charge in [0.15, 0.2) is 0 Å². The molecule has 0 fully saturated rings. The predicted molar refractivity (Wildman–Crippen MR) is 69.6 cm³/mol. The minimum atomic E-state index is -1.36. The van der Waals surface area contributed by atoms with E-state index < -0.39 is 16.1 Å². The molecule has 0 spiro atoms. The van der Waals surface area contributed by atoms with Crippen LogP contribution < -0.4 is 0 Å². The highest BCUT2D eigenvalue weighted by molar-refractivity contribution is 9.10. The van der Waals surface area contributed by atoms with Crippen LogP contribution >= 0.6 is 15.9 Å². The van der Waals surface area contributed by atoms with Gasteiger partial charge < -0.3 is 4.55 Å². The van der Waals surface area contributed by atoms with Crippen molar-refractivity contribution in [1.29, 1.82) is 0 Å². The quantitative estimate of drug-likeness (QED) is 0.608. The van der Waals surface area contributed by atoms with E-state index in [1.54, 1.807) is 12.1 Å². The second kappa shape index (κ2) is 5.29. The van der Waals surface area contributed by atoms with Crippen molar-refractivity contribution in [2.24, 2.45) is 4.40 Å². The molecule has 0 aliphatic rings. The first-order valence-corrected chi connectivity index (χ1v) is 6.62. The molecule has 0 amide bonds. The maximum atomic E-state index is 13.4. The molecule has 0 radical (unpaired) electrons. The van der Waals surface area contributed by atoms with Gasteiger partial charge in [-0.1, -0.05) is 20.3 Å². The van der Waals surface area contributed by atoms with Crippen LogP contribution in [0.4, 0.5) is 4.39 Å². The van der Waals surface area contributed by atoms with Crippen molar-refractivity contribution in [2.45, 2.75) is 25.5 Å². The average Bonchev–Trinajstić information content (AvgIpc) is 2.14. The van der Waals surface area contributed by atoms with Crippen molar-refractivity contribution in [3.05, 3.63) is 34.1 Å². The number of nitrogens with zero attached hydrogens (tertiary/aromatic N) is 1. The van der Waals surface area contributed by atoms with Gasteiger partial charge in [0.25, 0.3) is 0 Å². The summed E-state index contributed by atoms with van der Waals surface area (Å²) in [6.07, 6.45) is 1.31. The maximum Gasteiger partial charge on any atom is 0.144 e. The van der Waals surface area contributed by atoms with Crippen LogP contribution in [0.3, 0.4) is 0 Å². The van der Waals surface area contributed by atoms with Gasteiger partial charge in [0.05, 0.1) is 6.21 Å². The van der Waals surface area contributed by atoms with Crippen LogP contribution in [0.25, 0.3) is 0 Å². The van der Waals surface area contributed by atoms with Crippen LogP contribution in [-0.4, -0.2) is 15.5 Å². The largest absolute Gasteiger partial charge is 0.591 e. The lowest BCUT2D eigenvalue weighted by molar-refractivity contribution is 0.561. The summed E-state index contributed by atoms with van der Waals surface area (Å²) in [5, 5.41) is 0. The zero-order chi connectivity index (χ0) is 12.3. The standard InChI is InChI=1S/C11H13BrFNOS/c1-11(2,3)16(15)14-7-8-4-5-9(12)6-10(8)13/h4-7H,1-3H3/t16-/m0/s1. The Labute approximate surface area is 106 Å². The molecule has 1 rings (SSSR count). The summed E-state index contributed by atoms with van der Waals surface area (Å²) in [6.45, 7) is 5.45. The molecule has 1 atom stereocenters. The molecule has 0 N–H and O–H groups in total. The average molecular weight is 306 g/mol. The molecule has 0 aliphatic carbocycles. The van der Waals surface area contributed by atoms with Gasteiger partial charge in [0.1, 0.15) is 21.9 Å². The summed E-state index contributed by atoms with van der Waals surface area (Å²) in [6, 6.07) is 4.65. The molecule has 1 aromatic rings. The lowest BCUT2D eigenvalue weighted by Crippen LogP contribution is -2.25. The normalized spacial score (nSPS) is 14.4. The first-order chi connectivity index (χ1) is 7.30. The van der Waals surface area contributed by atoms with E-state index in [4.69, 9.17) is 0 Å². The fraction of sp³-hybridized carbons (Fsp3) is 0.364. The minimum absolute atomic E-state index is 0.334. The Morgan fingerprint density at radius 1 is 1.44 bits per heavy atom. The Hall–Kier alpha value is -0.390. The van der Waals surface area contributed by atoms with E-state index in [0.717, 1.165) is 0 Å². The molecule has 2 nitrogen and oxygen atoms in total. The lowest BCUT2D eigenvalue weighted by atomic mass is 10.2. The predicted octanol–water partition coefficient (Wildman–Crippen LogP) is 3.47. The molecule has 0 saturated heterocycles. The monoisotopic (exact) mass is 305 g/mol. The highest BCUT2D eigenvalue weighted by atomic mass is 79.9. The zero-order valence-corrected chi connectivity index (χ0v) is 11.7. The maximum absolute atomic E-state index is 13.4. The number of benzene rings is 1. The molecule has 0 heterocycles. The van der Waals surface area contributed by atoms with Gasteiger partial charge in [-0.05, 0) is 39.0 Å². The number of hydrogen-bond acceptors (Lipinski definition) is 2. The summed E-state index contributed by atoms with van der Waals surface area (Å²) in [4.78, 5) is 0. The molecular weight excluding hydrogens is 293 g/mol. The Kier molecular flexibility index (Phi) is 4.52. The van der Waals surface area contributed by atoms with Gasteiger partial charge in [-0.3, -0.25) is 0 Å². The third-order valence-corrected chi connectivity index (χ3v) is 3.61. The fourth-order valence-corrected chi connectivity index (χ4v) is 1.73. The number of rotatable bonds is 2. The highest BCUT2D eigenvalue weighted by Gasteiger charge is 2.25. The van der Waals surface area contributed by atoms with E-state index in [1.807, 2.05) is 20.8 Å². The van der Waals surface area contributed by atoms with E-state index in [9.17, 15) is 8.94 Å². The van der Waals surface area contributed by atoms with Crippen LogP contribution in [0.15, 0.2) is 27.1 Å². The van der Waals surface area contributed by atoms with Gasteiger partial charge in [-0.15, -0.1) is 0 Å². The first kappa shape index (κ1) is 13.7. The highest BCUT2D eigenvalue weighted by Crippen LogP contribution is 2.18. The third kappa shape index (κ3) is 3.88.